The fraction of sp³-hybridized carbons (Fsp3) is 0.467. The summed E-state index contributed by atoms with van der Waals surface area (Å²) in [4.78, 5) is 31.7. The molecule has 0 N–H and O–H groups in total. The Bertz CT molecular complexity index is 1590. The van der Waals surface area contributed by atoms with E-state index in [0.29, 0.717) is 42.3 Å². The number of rotatable bonds is 23. The first-order valence-corrected chi connectivity index (χ1v) is 20.6. The zero-order valence-electron chi connectivity index (χ0n) is 32.1. The van der Waals surface area contributed by atoms with E-state index in [2.05, 4.69) is 77.5 Å². The summed E-state index contributed by atoms with van der Waals surface area (Å²) >= 11 is 12.6. The first-order valence-electron chi connectivity index (χ1n) is 19.9. The molecule has 0 bridgehead atoms. The molecule has 2 aliphatic rings. The number of aryl methyl sites for hydroxylation is 1. The molecule has 4 rings (SSSR count). The number of esters is 1. The maximum absolute atomic E-state index is 12.8. The van der Waals surface area contributed by atoms with Crippen LogP contribution in [0.4, 0.5) is 11.4 Å². The van der Waals surface area contributed by atoms with E-state index in [0.717, 1.165) is 107 Å². The Labute approximate surface area is 334 Å². The highest BCUT2D eigenvalue weighted by atomic mass is 35.5. The Morgan fingerprint density at radius 2 is 1.50 bits per heavy atom. The molecule has 0 radical (unpaired) electrons. The van der Waals surface area contributed by atoms with Crippen molar-refractivity contribution in [3.63, 3.8) is 0 Å². The van der Waals surface area contributed by atoms with Gasteiger partial charge in [0.05, 0.1) is 28.0 Å². The number of unbranched alkanes of at least 4 members (excludes halogenated alkanes) is 4. The number of halogens is 2. The second-order valence-electron chi connectivity index (χ2n) is 13.7. The molecule has 0 spiro atoms. The number of carbonyl (C=O) groups is 2. The van der Waals surface area contributed by atoms with E-state index in [1.165, 1.54) is 6.42 Å². The van der Waals surface area contributed by atoms with Gasteiger partial charge in [-0.1, -0.05) is 109 Å². The van der Waals surface area contributed by atoms with E-state index in [9.17, 15) is 9.59 Å². The molecule has 0 saturated carbocycles. The van der Waals surface area contributed by atoms with Crippen molar-refractivity contribution in [1.82, 2.24) is 4.90 Å². The van der Waals surface area contributed by atoms with Gasteiger partial charge in [-0.2, -0.15) is 0 Å². The number of amides is 1. The second kappa shape index (κ2) is 25.3. The Morgan fingerprint density at radius 3 is 2.28 bits per heavy atom. The smallest absolute Gasteiger partial charge is 0.307 e. The molecular formula is C45H59Cl2N3O4. The first-order chi connectivity index (χ1) is 26.5. The van der Waals surface area contributed by atoms with Crippen LogP contribution >= 0.6 is 23.2 Å². The van der Waals surface area contributed by atoms with Gasteiger partial charge in [0, 0.05) is 45.1 Å². The number of hydrogen-bond donors (Lipinski definition) is 0. The van der Waals surface area contributed by atoms with Crippen molar-refractivity contribution in [2.24, 2.45) is 0 Å². The minimum atomic E-state index is -0.291. The average molecular weight is 777 g/mol. The molecule has 0 aliphatic carbocycles. The van der Waals surface area contributed by atoms with E-state index in [1.807, 2.05) is 36.4 Å². The van der Waals surface area contributed by atoms with Gasteiger partial charge in [-0.3, -0.25) is 19.4 Å². The fourth-order valence-electron chi connectivity index (χ4n) is 6.38. The largest absolute Gasteiger partial charge is 0.494 e. The summed E-state index contributed by atoms with van der Waals surface area (Å²) in [6, 6.07) is 11.7. The molecule has 54 heavy (non-hydrogen) atoms. The van der Waals surface area contributed by atoms with Crippen LogP contribution in [0.1, 0.15) is 89.5 Å². The summed E-state index contributed by atoms with van der Waals surface area (Å²) in [5.41, 5.74) is 2.83. The van der Waals surface area contributed by atoms with Crippen LogP contribution in [0.25, 0.3) is 0 Å². The third-order valence-corrected chi connectivity index (χ3v) is 10.3. The molecule has 1 fully saturated rings. The summed E-state index contributed by atoms with van der Waals surface area (Å²) in [6.07, 6.45) is 32.9. The Morgan fingerprint density at radius 1 is 0.778 bits per heavy atom. The lowest BCUT2D eigenvalue weighted by atomic mass is 10.0. The van der Waals surface area contributed by atoms with Gasteiger partial charge in [-0.05, 0) is 94.5 Å². The lowest BCUT2D eigenvalue weighted by molar-refractivity contribution is -0.144. The number of allylic oxidation sites excluding steroid dienone is 10. The molecule has 7 nitrogen and oxygen atoms in total. The van der Waals surface area contributed by atoms with Gasteiger partial charge in [-0.15, -0.1) is 0 Å². The first kappa shape index (κ1) is 43.0. The van der Waals surface area contributed by atoms with Gasteiger partial charge in [0.25, 0.3) is 0 Å². The quantitative estimate of drug-likeness (QED) is 0.0485. The highest BCUT2D eigenvalue weighted by molar-refractivity contribution is 6.43. The maximum atomic E-state index is 12.8. The van der Waals surface area contributed by atoms with Crippen molar-refractivity contribution in [2.45, 2.75) is 90.4 Å². The van der Waals surface area contributed by atoms with Crippen molar-refractivity contribution < 1.29 is 19.1 Å². The highest BCUT2D eigenvalue weighted by Crippen LogP contribution is 2.33. The summed E-state index contributed by atoms with van der Waals surface area (Å²) in [5, 5.41) is 1.22. The zero-order chi connectivity index (χ0) is 38.2. The Balaban J connectivity index is 1.06. The minimum absolute atomic E-state index is 0.0420. The molecule has 0 atom stereocenters. The summed E-state index contributed by atoms with van der Waals surface area (Å²) in [5.74, 6) is 0.388. The van der Waals surface area contributed by atoms with E-state index in [4.69, 9.17) is 32.7 Å². The number of fused-ring (bicyclic) bond motifs is 1. The molecule has 0 aromatic heterocycles. The van der Waals surface area contributed by atoms with Crippen molar-refractivity contribution >= 4 is 46.5 Å². The number of ether oxygens (including phenoxy) is 2. The van der Waals surface area contributed by atoms with Crippen molar-refractivity contribution in [3.05, 3.63) is 113 Å². The number of piperazine rings is 1. The normalized spacial score (nSPS) is 15.5. The molecule has 9 heteroatoms. The molecule has 1 amide bonds. The molecule has 1 saturated heterocycles. The van der Waals surface area contributed by atoms with E-state index in [-0.39, 0.29) is 18.6 Å². The standard InChI is InChI=1S/C45H59Cl2N3O4/c1-2-3-4-5-6-7-8-9-10-11-12-13-14-15-16-17-18-19-25-44(52)54-37-50-42-36-39(28-26-38(42)27-29-43(50)51)53-35-21-20-30-48-31-33-49(34-32-48)41-24-22-23-40(46)45(41)47/h4-7,10-11,13-14,16-17,22-24,26,28,36H,2-3,8-9,12,15,18-21,25,27,29-35,37H2,1H3/b5-4-,7-6-,11-10-,14-13-,17-16-. The van der Waals surface area contributed by atoms with Gasteiger partial charge in [-0.25, -0.2) is 0 Å². The highest BCUT2D eigenvalue weighted by Gasteiger charge is 2.26. The SMILES string of the molecule is CCC/C=C\C=C/CC/C=C\C/C=C\C/C=C\CCCC(=O)OCN1C(=O)CCc2ccc(OCCCCN3CCN(c4cccc(Cl)c4Cl)CC3)cc21. The van der Waals surface area contributed by atoms with Gasteiger partial charge in [0.15, 0.2) is 6.73 Å². The molecule has 0 unspecified atom stereocenters. The molecule has 292 valence electrons. The summed E-state index contributed by atoms with van der Waals surface area (Å²) in [6.45, 7) is 7.52. The average Bonchev–Trinajstić information content (AvgIpc) is 3.18. The van der Waals surface area contributed by atoms with Crippen LogP contribution in [-0.4, -0.2) is 62.8 Å². The van der Waals surface area contributed by atoms with Crippen LogP contribution in [0.2, 0.25) is 10.0 Å². The van der Waals surface area contributed by atoms with Gasteiger partial charge in [0.1, 0.15) is 5.75 Å². The monoisotopic (exact) mass is 775 g/mol. The fourth-order valence-corrected chi connectivity index (χ4v) is 6.80. The number of benzene rings is 2. The predicted octanol–water partition coefficient (Wildman–Crippen LogP) is 11.1. The topological polar surface area (TPSA) is 62.3 Å². The molecule has 2 heterocycles. The number of carbonyl (C=O) groups excluding carboxylic acids is 2. The number of nitrogens with zero attached hydrogens (tertiary/aromatic N) is 3. The zero-order valence-corrected chi connectivity index (χ0v) is 33.6. The van der Waals surface area contributed by atoms with Gasteiger partial charge < -0.3 is 14.4 Å². The van der Waals surface area contributed by atoms with Crippen LogP contribution in [0.15, 0.2) is 97.2 Å². The molecular weight excluding hydrogens is 717 g/mol. The van der Waals surface area contributed by atoms with Crippen molar-refractivity contribution in [2.75, 3.05) is 55.9 Å². The molecule has 2 aromatic carbocycles. The van der Waals surface area contributed by atoms with E-state index < -0.39 is 0 Å². The van der Waals surface area contributed by atoms with Crippen LogP contribution < -0.4 is 14.5 Å². The third kappa shape index (κ3) is 15.5. The number of hydrogen-bond acceptors (Lipinski definition) is 6. The maximum Gasteiger partial charge on any atom is 0.307 e. The van der Waals surface area contributed by atoms with Crippen molar-refractivity contribution in [3.8, 4) is 5.75 Å². The third-order valence-electron chi connectivity index (χ3n) is 9.53. The van der Waals surface area contributed by atoms with Crippen LogP contribution in [0.3, 0.4) is 0 Å². The lowest BCUT2D eigenvalue weighted by Crippen LogP contribution is -2.46. The van der Waals surface area contributed by atoms with Crippen LogP contribution in [0, 0.1) is 0 Å². The van der Waals surface area contributed by atoms with E-state index >= 15 is 0 Å². The summed E-state index contributed by atoms with van der Waals surface area (Å²) in [7, 11) is 0. The molecule has 2 aromatic rings. The van der Waals surface area contributed by atoms with E-state index in [1.54, 1.807) is 4.90 Å². The van der Waals surface area contributed by atoms with Gasteiger partial charge >= 0.3 is 5.97 Å². The van der Waals surface area contributed by atoms with Gasteiger partial charge in [0.2, 0.25) is 5.91 Å². The van der Waals surface area contributed by atoms with Crippen LogP contribution in [0.5, 0.6) is 5.75 Å². The summed E-state index contributed by atoms with van der Waals surface area (Å²) < 4.78 is 11.7. The van der Waals surface area contributed by atoms with Crippen LogP contribution in [-0.2, 0) is 20.7 Å². The minimum Gasteiger partial charge on any atom is -0.494 e. The number of anilines is 2. The Kier molecular flexibility index (Phi) is 20.1. The second-order valence-corrected chi connectivity index (χ2v) is 14.5. The lowest BCUT2D eigenvalue weighted by Gasteiger charge is -2.36. The molecule has 2 aliphatic heterocycles. The van der Waals surface area contributed by atoms with Crippen molar-refractivity contribution in [1.29, 1.82) is 0 Å². The Hall–Kier alpha value is -3.78. The predicted molar refractivity (Wildman–Crippen MR) is 226 cm³/mol.